The first-order valence-electron chi connectivity index (χ1n) is 4.91. The number of rotatable bonds is 3. The lowest BCUT2D eigenvalue weighted by Gasteiger charge is -2.11. The highest BCUT2D eigenvalue weighted by atomic mass is 79.9. The molecule has 0 saturated heterocycles. The maximum atomic E-state index is 11.8. The van der Waals surface area contributed by atoms with Crippen LogP contribution in [0.1, 0.15) is 34.0 Å². The predicted octanol–water partition coefficient (Wildman–Crippen LogP) is 2.94. The summed E-state index contributed by atoms with van der Waals surface area (Å²) in [7, 11) is 0. The molecule has 0 saturated carbocycles. The summed E-state index contributed by atoms with van der Waals surface area (Å²) in [5, 5.41) is 9.42. The summed E-state index contributed by atoms with van der Waals surface area (Å²) in [6.07, 6.45) is 0. The molecule has 0 amide bonds. The third-order valence-corrected chi connectivity index (χ3v) is 2.82. The molecule has 1 rings (SSSR count). The van der Waals surface area contributed by atoms with Crippen molar-refractivity contribution in [2.75, 3.05) is 6.61 Å². The van der Waals surface area contributed by atoms with E-state index in [0.29, 0.717) is 28.6 Å². The minimum atomic E-state index is -0.369. The molecule has 0 aliphatic heterocycles. The number of alkyl halides is 1. The van der Waals surface area contributed by atoms with E-state index in [0.717, 1.165) is 5.56 Å². The third kappa shape index (κ3) is 2.42. The second-order valence-electron chi connectivity index (χ2n) is 3.25. The van der Waals surface area contributed by atoms with Gasteiger partial charge in [0.2, 0.25) is 0 Å². The smallest absolute Gasteiger partial charge is 0.338 e. The Bertz CT molecular complexity index is 449. The highest BCUT2D eigenvalue weighted by Gasteiger charge is 2.17. The summed E-state index contributed by atoms with van der Waals surface area (Å²) in [5.74, 6) is -0.369. The van der Waals surface area contributed by atoms with Crippen molar-refractivity contribution in [2.45, 2.75) is 19.2 Å². The van der Waals surface area contributed by atoms with Crippen LogP contribution in [0.4, 0.5) is 0 Å². The average molecular weight is 282 g/mol. The van der Waals surface area contributed by atoms with Crippen molar-refractivity contribution in [2.24, 2.45) is 0 Å². The van der Waals surface area contributed by atoms with E-state index < -0.39 is 0 Å². The Morgan fingerprint density at radius 2 is 2.25 bits per heavy atom. The number of halogens is 1. The molecule has 0 bridgehead atoms. The number of carbonyl (C=O) groups is 1. The van der Waals surface area contributed by atoms with Crippen LogP contribution in [0, 0.1) is 18.3 Å². The fourth-order valence-electron chi connectivity index (χ4n) is 1.50. The van der Waals surface area contributed by atoms with Crippen LogP contribution in [0.5, 0.6) is 0 Å². The summed E-state index contributed by atoms with van der Waals surface area (Å²) in [4.78, 5) is 11.8. The van der Waals surface area contributed by atoms with Gasteiger partial charge in [-0.2, -0.15) is 5.26 Å². The lowest BCUT2D eigenvalue weighted by Crippen LogP contribution is -2.11. The van der Waals surface area contributed by atoms with E-state index in [9.17, 15) is 4.79 Å². The zero-order valence-electron chi connectivity index (χ0n) is 9.21. The Balaban J connectivity index is 3.35. The third-order valence-electron chi connectivity index (χ3n) is 2.25. The molecule has 0 N–H and O–H groups in total. The molecule has 0 aliphatic rings. The van der Waals surface area contributed by atoms with Gasteiger partial charge in [0.1, 0.15) is 0 Å². The summed E-state index contributed by atoms with van der Waals surface area (Å²) >= 11 is 3.29. The van der Waals surface area contributed by atoms with E-state index in [1.807, 2.05) is 6.92 Å². The maximum absolute atomic E-state index is 11.8. The van der Waals surface area contributed by atoms with Gasteiger partial charge in [0.15, 0.2) is 0 Å². The van der Waals surface area contributed by atoms with Crippen molar-refractivity contribution in [3.05, 3.63) is 34.4 Å². The van der Waals surface area contributed by atoms with E-state index in [-0.39, 0.29) is 5.97 Å². The van der Waals surface area contributed by atoms with Crippen LogP contribution < -0.4 is 0 Å². The summed E-state index contributed by atoms with van der Waals surface area (Å²) in [6.45, 7) is 3.92. The van der Waals surface area contributed by atoms with Gasteiger partial charge in [0.25, 0.3) is 0 Å². The molecule has 0 aliphatic carbocycles. The number of esters is 1. The number of nitrogens with zero attached hydrogens (tertiary/aromatic N) is 1. The molecule has 84 valence electrons. The van der Waals surface area contributed by atoms with Crippen molar-refractivity contribution < 1.29 is 9.53 Å². The Morgan fingerprint density at radius 1 is 1.56 bits per heavy atom. The van der Waals surface area contributed by atoms with Crippen molar-refractivity contribution >= 4 is 21.9 Å². The first kappa shape index (κ1) is 12.7. The quantitative estimate of drug-likeness (QED) is 0.632. The highest BCUT2D eigenvalue weighted by molar-refractivity contribution is 9.08. The number of aryl methyl sites for hydroxylation is 1. The van der Waals surface area contributed by atoms with Gasteiger partial charge in [0.05, 0.1) is 23.8 Å². The average Bonchev–Trinajstić information content (AvgIpc) is 2.28. The normalized spacial score (nSPS) is 9.62. The van der Waals surface area contributed by atoms with E-state index >= 15 is 0 Å². The van der Waals surface area contributed by atoms with E-state index in [1.165, 1.54) is 0 Å². The number of hydrogen-bond donors (Lipinski definition) is 0. The van der Waals surface area contributed by atoms with Gasteiger partial charge in [0, 0.05) is 5.33 Å². The molecule has 0 fully saturated rings. The molecule has 0 unspecified atom stereocenters. The SMILES string of the molecule is CCOC(=O)c1c(C)ccc(C#N)c1CBr. The Labute approximate surface area is 103 Å². The van der Waals surface area contributed by atoms with Gasteiger partial charge in [-0.05, 0) is 31.0 Å². The second-order valence-corrected chi connectivity index (χ2v) is 3.81. The van der Waals surface area contributed by atoms with Crippen molar-refractivity contribution in [3.63, 3.8) is 0 Å². The zero-order chi connectivity index (χ0) is 12.1. The lowest BCUT2D eigenvalue weighted by molar-refractivity contribution is 0.0524. The molecule has 0 atom stereocenters. The molecule has 0 heterocycles. The van der Waals surface area contributed by atoms with E-state index in [2.05, 4.69) is 22.0 Å². The molecule has 0 spiro atoms. The van der Waals surface area contributed by atoms with E-state index in [1.54, 1.807) is 19.1 Å². The molecule has 16 heavy (non-hydrogen) atoms. The van der Waals surface area contributed by atoms with Crippen molar-refractivity contribution in [3.8, 4) is 6.07 Å². The lowest BCUT2D eigenvalue weighted by atomic mass is 9.98. The second kappa shape index (κ2) is 5.66. The molecule has 0 radical (unpaired) electrons. The summed E-state index contributed by atoms with van der Waals surface area (Å²) in [5.41, 5.74) is 2.52. The predicted molar refractivity (Wildman–Crippen MR) is 64.5 cm³/mol. The maximum Gasteiger partial charge on any atom is 0.338 e. The molecular weight excluding hydrogens is 270 g/mol. The topological polar surface area (TPSA) is 50.1 Å². The van der Waals surface area contributed by atoms with Gasteiger partial charge in [-0.25, -0.2) is 4.79 Å². The standard InChI is InChI=1S/C12H12BrNO2/c1-3-16-12(15)11-8(2)4-5-9(7-14)10(11)6-13/h4-5H,3,6H2,1-2H3. The first-order valence-corrected chi connectivity index (χ1v) is 6.03. The van der Waals surface area contributed by atoms with Gasteiger partial charge in [-0.1, -0.05) is 22.0 Å². The number of ether oxygens (including phenoxy) is 1. The monoisotopic (exact) mass is 281 g/mol. The minimum absolute atomic E-state index is 0.330. The Hall–Kier alpha value is -1.34. The highest BCUT2D eigenvalue weighted by Crippen LogP contribution is 2.22. The summed E-state index contributed by atoms with van der Waals surface area (Å²) in [6, 6.07) is 5.55. The first-order chi connectivity index (χ1) is 7.65. The number of nitriles is 1. The summed E-state index contributed by atoms with van der Waals surface area (Å²) < 4.78 is 4.98. The van der Waals surface area contributed by atoms with Gasteiger partial charge >= 0.3 is 5.97 Å². The van der Waals surface area contributed by atoms with Gasteiger partial charge in [-0.3, -0.25) is 0 Å². The van der Waals surface area contributed by atoms with Crippen LogP contribution >= 0.6 is 15.9 Å². The minimum Gasteiger partial charge on any atom is -0.462 e. The fraction of sp³-hybridized carbons (Fsp3) is 0.333. The van der Waals surface area contributed by atoms with E-state index in [4.69, 9.17) is 10.00 Å². The molecule has 1 aromatic carbocycles. The molecular formula is C12H12BrNO2. The van der Waals surface area contributed by atoms with Crippen LogP contribution in [-0.2, 0) is 10.1 Å². The van der Waals surface area contributed by atoms with Crippen LogP contribution in [0.3, 0.4) is 0 Å². The Kier molecular flexibility index (Phi) is 4.51. The largest absolute Gasteiger partial charge is 0.462 e. The van der Waals surface area contributed by atoms with Crippen molar-refractivity contribution in [1.82, 2.24) is 0 Å². The molecule has 3 nitrogen and oxygen atoms in total. The molecule has 1 aromatic rings. The number of hydrogen-bond acceptors (Lipinski definition) is 3. The molecule has 0 aromatic heterocycles. The molecule has 4 heteroatoms. The fourth-order valence-corrected chi connectivity index (χ4v) is 2.08. The van der Waals surface area contributed by atoms with Gasteiger partial charge < -0.3 is 4.74 Å². The van der Waals surface area contributed by atoms with Crippen LogP contribution in [-0.4, -0.2) is 12.6 Å². The van der Waals surface area contributed by atoms with Crippen LogP contribution in [0.2, 0.25) is 0 Å². The van der Waals surface area contributed by atoms with Gasteiger partial charge in [-0.15, -0.1) is 0 Å². The zero-order valence-corrected chi connectivity index (χ0v) is 10.8. The Morgan fingerprint density at radius 3 is 2.75 bits per heavy atom. The van der Waals surface area contributed by atoms with Crippen molar-refractivity contribution in [1.29, 1.82) is 5.26 Å². The van der Waals surface area contributed by atoms with Crippen LogP contribution in [0.25, 0.3) is 0 Å². The number of carbonyl (C=O) groups excluding carboxylic acids is 1. The van der Waals surface area contributed by atoms with Crippen LogP contribution in [0.15, 0.2) is 12.1 Å². The number of benzene rings is 1.